The molecule has 2 heterocycles. The third-order valence-corrected chi connectivity index (χ3v) is 3.73. The van der Waals surface area contributed by atoms with Crippen LogP contribution in [-0.2, 0) is 9.53 Å². The Kier molecular flexibility index (Phi) is 3.12. The van der Waals surface area contributed by atoms with E-state index in [0.717, 1.165) is 25.9 Å². The van der Waals surface area contributed by atoms with Crippen LogP contribution in [0.15, 0.2) is 0 Å². The minimum atomic E-state index is 0.210. The van der Waals surface area contributed by atoms with Crippen molar-refractivity contribution in [3.63, 3.8) is 0 Å². The van der Waals surface area contributed by atoms with E-state index in [2.05, 4.69) is 18.7 Å². The van der Waals surface area contributed by atoms with Crippen LogP contribution in [0, 0.1) is 5.92 Å². The number of Topliss-reactive ketones (excluding diaryl/α,β-unsaturated/α-hetero) is 1. The second kappa shape index (κ2) is 4.22. The lowest BCUT2D eigenvalue weighted by Gasteiger charge is -2.35. The van der Waals surface area contributed by atoms with Crippen molar-refractivity contribution in [1.82, 2.24) is 4.90 Å². The van der Waals surface area contributed by atoms with Crippen LogP contribution in [0.2, 0.25) is 0 Å². The van der Waals surface area contributed by atoms with Gasteiger partial charge in [-0.15, -0.1) is 0 Å². The molecule has 0 aliphatic carbocycles. The molecule has 3 nitrogen and oxygen atoms in total. The van der Waals surface area contributed by atoms with Crippen molar-refractivity contribution in [2.75, 3.05) is 13.1 Å². The summed E-state index contributed by atoms with van der Waals surface area (Å²) in [6.45, 7) is 8.17. The molecule has 4 unspecified atom stereocenters. The molecular formula is C12H21NO2. The predicted molar refractivity (Wildman–Crippen MR) is 58.8 cm³/mol. The third-order valence-electron chi connectivity index (χ3n) is 3.73. The van der Waals surface area contributed by atoms with Gasteiger partial charge in [0.1, 0.15) is 5.78 Å². The van der Waals surface area contributed by atoms with Gasteiger partial charge in [0.05, 0.1) is 12.2 Å². The Morgan fingerprint density at radius 2 is 2.07 bits per heavy atom. The lowest BCUT2D eigenvalue weighted by atomic mass is 9.95. The molecule has 2 fully saturated rings. The monoisotopic (exact) mass is 211 g/mol. The van der Waals surface area contributed by atoms with Gasteiger partial charge in [-0.1, -0.05) is 6.92 Å². The highest BCUT2D eigenvalue weighted by Gasteiger charge is 2.37. The van der Waals surface area contributed by atoms with Gasteiger partial charge >= 0.3 is 0 Å². The van der Waals surface area contributed by atoms with E-state index in [1.54, 1.807) is 0 Å². The summed E-state index contributed by atoms with van der Waals surface area (Å²) in [5, 5.41) is 0. The SMILES string of the molecule is CC1CC(N2CCC(=O)C(C)C2)C(C)O1. The van der Waals surface area contributed by atoms with Gasteiger partial charge in [0.15, 0.2) is 0 Å². The normalized spacial score (nSPS) is 43.5. The van der Waals surface area contributed by atoms with E-state index in [4.69, 9.17) is 4.74 Å². The fraction of sp³-hybridized carbons (Fsp3) is 0.917. The van der Waals surface area contributed by atoms with Gasteiger partial charge in [-0.25, -0.2) is 0 Å². The van der Waals surface area contributed by atoms with Crippen LogP contribution in [0.25, 0.3) is 0 Å². The molecule has 86 valence electrons. The largest absolute Gasteiger partial charge is 0.374 e. The van der Waals surface area contributed by atoms with Crippen molar-refractivity contribution >= 4 is 5.78 Å². The van der Waals surface area contributed by atoms with Gasteiger partial charge in [0.25, 0.3) is 0 Å². The van der Waals surface area contributed by atoms with Crippen molar-refractivity contribution in [3.05, 3.63) is 0 Å². The van der Waals surface area contributed by atoms with Crippen molar-refractivity contribution < 1.29 is 9.53 Å². The van der Waals surface area contributed by atoms with Crippen molar-refractivity contribution in [2.45, 2.75) is 51.9 Å². The molecule has 0 amide bonds. The zero-order chi connectivity index (χ0) is 11.0. The summed E-state index contributed by atoms with van der Waals surface area (Å²) in [6.07, 6.45) is 2.53. The quantitative estimate of drug-likeness (QED) is 0.657. The van der Waals surface area contributed by atoms with Gasteiger partial charge in [0, 0.05) is 31.5 Å². The fourth-order valence-corrected chi connectivity index (χ4v) is 2.84. The molecule has 0 saturated carbocycles. The first-order valence-electron chi connectivity index (χ1n) is 6.00. The molecule has 2 aliphatic rings. The number of nitrogens with zero attached hydrogens (tertiary/aromatic N) is 1. The maximum absolute atomic E-state index is 11.4. The first kappa shape index (κ1) is 11.1. The van der Waals surface area contributed by atoms with E-state index < -0.39 is 0 Å². The van der Waals surface area contributed by atoms with Gasteiger partial charge in [-0.3, -0.25) is 9.69 Å². The summed E-state index contributed by atoms with van der Waals surface area (Å²) in [5.41, 5.74) is 0. The summed E-state index contributed by atoms with van der Waals surface area (Å²) in [6, 6.07) is 0.524. The fourth-order valence-electron chi connectivity index (χ4n) is 2.84. The number of ketones is 1. The Morgan fingerprint density at radius 3 is 2.60 bits per heavy atom. The average Bonchev–Trinajstić information content (AvgIpc) is 2.50. The van der Waals surface area contributed by atoms with E-state index in [-0.39, 0.29) is 5.92 Å². The topological polar surface area (TPSA) is 29.5 Å². The number of hydrogen-bond donors (Lipinski definition) is 0. The van der Waals surface area contributed by atoms with Crippen LogP contribution in [0.4, 0.5) is 0 Å². The number of piperidine rings is 1. The smallest absolute Gasteiger partial charge is 0.138 e. The molecule has 0 bridgehead atoms. The van der Waals surface area contributed by atoms with Crippen molar-refractivity contribution in [1.29, 1.82) is 0 Å². The number of carbonyl (C=O) groups excluding carboxylic acids is 1. The molecule has 2 saturated heterocycles. The molecular weight excluding hydrogens is 190 g/mol. The minimum absolute atomic E-state index is 0.210. The van der Waals surface area contributed by atoms with Crippen LogP contribution in [-0.4, -0.2) is 42.0 Å². The highest BCUT2D eigenvalue weighted by atomic mass is 16.5. The molecule has 2 aliphatic heterocycles. The van der Waals surface area contributed by atoms with E-state index in [0.29, 0.717) is 24.0 Å². The summed E-state index contributed by atoms with van der Waals surface area (Å²) < 4.78 is 5.76. The van der Waals surface area contributed by atoms with Crippen LogP contribution < -0.4 is 0 Å². The van der Waals surface area contributed by atoms with Crippen LogP contribution in [0.3, 0.4) is 0 Å². The van der Waals surface area contributed by atoms with Crippen LogP contribution in [0.5, 0.6) is 0 Å². The summed E-state index contributed by atoms with van der Waals surface area (Å²) >= 11 is 0. The number of rotatable bonds is 1. The Bertz CT molecular complexity index is 254. The second-order valence-electron chi connectivity index (χ2n) is 5.07. The molecule has 0 aromatic carbocycles. The van der Waals surface area contributed by atoms with E-state index in [1.165, 1.54) is 0 Å². The molecule has 0 aromatic heterocycles. The molecule has 2 rings (SSSR count). The van der Waals surface area contributed by atoms with Crippen molar-refractivity contribution in [2.24, 2.45) is 5.92 Å². The van der Waals surface area contributed by atoms with E-state index >= 15 is 0 Å². The summed E-state index contributed by atoms with van der Waals surface area (Å²) in [7, 11) is 0. The first-order valence-corrected chi connectivity index (χ1v) is 6.00. The maximum atomic E-state index is 11.4. The highest BCUT2D eigenvalue weighted by Crippen LogP contribution is 2.27. The van der Waals surface area contributed by atoms with Crippen molar-refractivity contribution in [3.8, 4) is 0 Å². The molecule has 0 radical (unpaired) electrons. The predicted octanol–water partition coefficient (Wildman–Crippen LogP) is 1.46. The molecule has 3 heteroatoms. The Morgan fingerprint density at radius 1 is 1.33 bits per heavy atom. The third kappa shape index (κ3) is 2.23. The minimum Gasteiger partial charge on any atom is -0.374 e. The Balaban J connectivity index is 1.97. The maximum Gasteiger partial charge on any atom is 0.138 e. The molecule has 0 spiro atoms. The lowest BCUT2D eigenvalue weighted by Crippen LogP contribution is -2.47. The van der Waals surface area contributed by atoms with Gasteiger partial charge in [0.2, 0.25) is 0 Å². The lowest BCUT2D eigenvalue weighted by molar-refractivity contribution is -0.126. The summed E-state index contributed by atoms with van der Waals surface area (Å²) in [4.78, 5) is 13.9. The average molecular weight is 211 g/mol. The highest BCUT2D eigenvalue weighted by molar-refractivity contribution is 5.81. The van der Waals surface area contributed by atoms with E-state index in [1.807, 2.05) is 6.92 Å². The van der Waals surface area contributed by atoms with E-state index in [9.17, 15) is 4.79 Å². The van der Waals surface area contributed by atoms with Gasteiger partial charge in [-0.05, 0) is 20.3 Å². The zero-order valence-electron chi connectivity index (χ0n) is 9.90. The number of carbonyl (C=O) groups is 1. The molecule has 0 aromatic rings. The molecule has 4 atom stereocenters. The molecule has 0 N–H and O–H groups in total. The Labute approximate surface area is 91.8 Å². The molecule has 15 heavy (non-hydrogen) atoms. The number of ether oxygens (including phenoxy) is 1. The van der Waals surface area contributed by atoms with Gasteiger partial charge < -0.3 is 4.74 Å². The standard InChI is InChI=1S/C12H21NO2/c1-8-7-13(5-4-12(8)14)11-6-9(2)15-10(11)3/h8-11H,4-7H2,1-3H3. The van der Waals surface area contributed by atoms with Crippen LogP contribution in [0.1, 0.15) is 33.6 Å². The first-order chi connectivity index (χ1) is 7.08. The van der Waals surface area contributed by atoms with Gasteiger partial charge in [-0.2, -0.15) is 0 Å². The van der Waals surface area contributed by atoms with Crippen LogP contribution >= 0.6 is 0 Å². The number of hydrogen-bond acceptors (Lipinski definition) is 3. The summed E-state index contributed by atoms with van der Waals surface area (Å²) in [5.74, 6) is 0.632. The second-order valence-corrected chi connectivity index (χ2v) is 5.07. The zero-order valence-corrected chi connectivity index (χ0v) is 9.90. The Hall–Kier alpha value is -0.410. The number of likely N-dealkylation sites (tertiary alicyclic amines) is 1.